The van der Waals surface area contributed by atoms with Gasteiger partial charge in [-0.15, -0.1) is 0 Å². The van der Waals surface area contributed by atoms with Crippen LogP contribution < -0.4 is 10.5 Å². The average molecular weight is 327 g/mol. The first-order chi connectivity index (χ1) is 9.06. The van der Waals surface area contributed by atoms with E-state index < -0.39 is 30.6 Å². The molecule has 1 atom stereocenters. The molecule has 1 heterocycles. The van der Waals surface area contributed by atoms with Crippen LogP contribution in [0.1, 0.15) is 33.1 Å². The quantitative estimate of drug-likeness (QED) is 0.267. The van der Waals surface area contributed by atoms with Crippen LogP contribution in [0.4, 0.5) is 0 Å². The molecule has 4 N–H and O–H groups in total. The summed E-state index contributed by atoms with van der Waals surface area (Å²) in [6, 6.07) is 0. The second-order valence-electron chi connectivity index (χ2n) is 5.17. The van der Waals surface area contributed by atoms with Gasteiger partial charge in [-0.3, -0.25) is 0 Å². The zero-order valence-corrected chi connectivity index (χ0v) is 13.2. The van der Waals surface area contributed by atoms with E-state index in [2.05, 4.69) is 9.88 Å². The van der Waals surface area contributed by atoms with Crippen molar-refractivity contribution in [1.82, 2.24) is 4.72 Å². The third kappa shape index (κ3) is 3.83. The summed E-state index contributed by atoms with van der Waals surface area (Å²) >= 11 is 0. The molecule has 1 saturated heterocycles. The summed E-state index contributed by atoms with van der Waals surface area (Å²) in [7, 11) is -6.87. The Hall–Kier alpha value is -0.870. The lowest BCUT2D eigenvalue weighted by Crippen LogP contribution is -2.57. The van der Waals surface area contributed by atoms with Gasteiger partial charge in [0.25, 0.3) is 0 Å². The van der Waals surface area contributed by atoms with E-state index in [4.69, 9.17) is 10.9 Å². The Bertz CT molecular complexity index is 570. The van der Waals surface area contributed by atoms with Crippen molar-refractivity contribution >= 4 is 25.7 Å². The summed E-state index contributed by atoms with van der Waals surface area (Å²) in [5.41, 5.74) is 4.33. The van der Waals surface area contributed by atoms with Gasteiger partial charge in [-0.2, -0.15) is 0 Å². The van der Waals surface area contributed by atoms with Crippen LogP contribution in [0.25, 0.3) is 0 Å². The molecule has 1 fully saturated rings. The fourth-order valence-electron chi connectivity index (χ4n) is 1.99. The molecular weight excluding hydrogens is 306 g/mol. The highest BCUT2D eigenvalue weighted by Gasteiger charge is 2.39. The Kier molecular flexibility index (Phi) is 5.03. The maximum atomic E-state index is 12.3. The first-order valence-electron chi connectivity index (χ1n) is 6.27. The monoisotopic (exact) mass is 327 g/mol. The number of nitrogens with one attached hydrogen (secondary N) is 1. The minimum absolute atomic E-state index is 0.0631. The van der Waals surface area contributed by atoms with Crippen LogP contribution in [0.3, 0.4) is 0 Å². The van der Waals surface area contributed by atoms with Crippen LogP contribution in [0.15, 0.2) is 5.16 Å². The Morgan fingerprint density at radius 2 is 1.95 bits per heavy atom. The number of oxime groups is 1. The van der Waals surface area contributed by atoms with Crippen molar-refractivity contribution in [2.75, 3.05) is 11.5 Å². The van der Waals surface area contributed by atoms with E-state index in [-0.39, 0.29) is 30.2 Å². The maximum Gasteiger partial charge on any atom is 0.215 e. The molecule has 118 valence electrons. The molecular formula is C10H21N3O5S2. The number of sulfonamides is 1. The normalized spacial score (nSPS) is 24.2. The van der Waals surface area contributed by atoms with E-state index in [1.54, 1.807) is 6.92 Å². The molecule has 20 heavy (non-hydrogen) atoms. The second-order valence-corrected chi connectivity index (χ2v) is 9.43. The van der Waals surface area contributed by atoms with Gasteiger partial charge in [0.15, 0.2) is 5.84 Å². The van der Waals surface area contributed by atoms with E-state index in [1.165, 1.54) is 6.92 Å². The van der Waals surface area contributed by atoms with Gasteiger partial charge in [-0.05, 0) is 26.2 Å². The molecule has 1 rings (SSSR count). The fraction of sp³-hybridized carbons (Fsp3) is 0.900. The lowest BCUT2D eigenvalue weighted by Gasteiger charge is -2.31. The topological polar surface area (TPSA) is 139 Å². The van der Waals surface area contributed by atoms with E-state index in [9.17, 15) is 16.8 Å². The number of amidine groups is 1. The van der Waals surface area contributed by atoms with Crippen LogP contribution in [0.2, 0.25) is 0 Å². The first-order valence-corrected chi connectivity index (χ1v) is 9.64. The molecule has 0 bridgehead atoms. The lowest BCUT2D eigenvalue weighted by molar-refractivity contribution is 0.310. The lowest BCUT2D eigenvalue weighted by atomic mass is 10.00. The average Bonchev–Trinajstić information content (AvgIpc) is 2.36. The molecule has 8 nitrogen and oxygen atoms in total. The summed E-state index contributed by atoms with van der Waals surface area (Å²) in [5.74, 6) is -0.498. The Morgan fingerprint density at radius 1 is 1.45 bits per heavy atom. The summed E-state index contributed by atoms with van der Waals surface area (Å²) in [6.07, 6.45) is 0.425. The fourth-order valence-corrected chi connectivity index (χ4v) is 5.68. The van der Waals surface area contributed by atoms with E-state index in [1.807, 2.05) is 0 Å². The number of hydrogen-bond donors (Lipinski definition) is 3. The minimum atomic E-state index is -3.74. The largest absolute Gasteiger partial charge is 0.409 e. The van der Waals surface area contributed by atoms with Gasteiger partial charge in [0.2, 0.25) is 10.0 Å². The van der Waals surface area contributed by atoms with Crippen LogP contribution in [-0.2, 0) is 19.9 Å². The van der Waals surface area contributed by atoms with Crippen molar-refractivity contribution in [3.05, 3.63) is 0 Å². The Morgan fingerprint density at radius 3 is 2.35 bits per heavy atom. The minimum Gasteiger partial charge on any atom is -0.409 e. The molecule has 0 aromatic heterocycles. The molecule has 1 aliphatic rings. The third-order valence-corrected chi connectivity index (χ3v) is 7.49. The summed E-state index contributed by atoms with van der Waals surface area (Å²) < 4.78 is 49.7. The molecule has 1 unspecified atom stereocenters. The second kappa shape index (κ2) is 5.86. The van der Waals surface area contributed by atoms with Crippen molar-refractivity contribution in [2.45, 2.75) is 43.9 Å². The van der Waals surface area contributed by atoms with Gasteiger partial charge in [0.05, 0.1) is 22.3 Å². The highest BCUT2D eigenvalue weighted by molar-refractivity contribution is 7.92. The molecule has 0 aromatic rings. The molecule has 0 aromatic carbocycles. The first kappa shape index (κ1) is 17.2. The van der Waals surface area contributed by atoms with Crippen LogP contribution >= 0.6 is 0 Å². The smallest absolute Gasteiger partial charge is 0.215 e. The van der Waals surface area contributed by atoms with Crippen molar-refractivity contribution in [3.8, 4) is 0 Å². The molecule has 10 heteroatoms. The molecule has 0 amide bonds. The van der Waals surface area contributed by atoms with Crippen LogP contribution in [0.5, 0.6) is 0 Å². The molecule has 0 radical (unpaired) electrons. The SMILES string of the molecule is CCC(C)(NS(=O)(=O)C1CCS(=O)(=O)CC1)C(N)=NO. The van der Waals surface area contributed by atoms with Crippen LogP contribution in [0, 0.1) is 0 Å². The van der Waals surface area contributed by atoms with Crippen LogP contribution in [-0.4, -0.2) is 50.2 Å². The highest BCUT2D eigenvalue weighted by Crippen LogP contribution is 2.21. The Labute approximate surface area is 119 Å². The van der Waals surface area contributed by atoms with Crippen molar-refractivity contribution in [1.29, 1.82) is 0 Å². The van der Waals surface area contributed by atoms with Gasteiger partial charge in [0, 0.05) is 0 Å². The van der Waals surface area contributed by atoms with Gasteiger partial charge >= 0.3 is 0 Å². The highest BCUT2D eigenvalue weighted by atomic mass is 32.2. The molecule has 1 aliphatic heterocycles. The van der Waals surface area contributed by atoms with E-state index in [0.717, 1.165) is 0 Å². The van der Waals surface area contributed by atoms with Gasteiger partial charge in [-0.1, -0.05) is 12.1 Å². The molecule has 0 saturated carbocycles. The van der Waals surface area contributed by atoms with Gasteiger partial charge in [-0.25, -0.2) is 21.6 Å². The zero-order valence-electron chi connectivity index (χ0n) is 11.5. The summed E-state index contributed by atoms with van der Waals surface area (Å²) in [4.78, 5) is 0. The zero-order chi connectivity index (χ0) is 15.6. The Balaban J connectivity index is 2.90. The number of nitrogens with zero attached hydrogens (tertiary/aromatic N) is 1. The van der Waals surface area contributed by atoms with Crippen molar-refractivity contribution in [2.24, 2.45) is 10.9 Å². The van der Waals surface area contributed by atoms with Crippen molar-refractivity contribution < 1.29 is 22.0 Å². The summed E-state index contributed by atoms with van der Waals surface area (Å²) in [6.45, 7) is 3.21. The van der Waals surface area contributed by atoms with Gasteiger partial charge in [0.1, 0.15) is 9.84 Å². The van der Waals surface area contributed by atoms with E-state index >= 15 is 0 Å². The standard InChI is InChI=1S/C10H21N3O5S2/c1-3-10(2,9(11)12-14)13-20(17,18)8-4-6-19(15,16)7-5-8/h8,13-14H,3-7H2,1-2H3,(H2,11,12). The molecule has 0 spiro atoms. The maximum absolute atomic E-state index is 12.3. The van der Waals surface area contributed by atoms with E-state index in [0.29, 0.717) is 6.42 Å². The third-order valence-electron chi connectivity index (χ3n) is 3.69. The van der Waals surface area contributed by atoms with Gasteiger partial charge < -0.3 is 10.9 Å². The predicted molar refractivity (Wildman–Crippen MR) is 75.8 cm³/mol. The predicted octanol–water partition coefficient (Wildman–Crippen LogP) is -0.602. The number of rotatable bonds is 5. The number of hydrogen-bond acceptors (Lipinski definition) is 6. The summed E-state index contributed by atoms with van der Waals surface area (Å²) in [5, 5.41) is 10.8. The molecule has 0 aliphatic carbocycles. The number of sulfone groups is 1. The van der Waals surface area contributed by atoms with Crippen molar-refractivity contribution in [3.63, 3.8) is 0 Å². The number of nitrogens with two attached hydrogens (primary N) is 1.